The van der Waals surface area contributed by atoms with Crippen LogP contribution in [-0.2, 0) is 0 Å². The predicted octanol–water partition coefficient (Wildman–Crippen LogP) is 2.13. The maximum absolute atomic E-state index is 8.75. The zero-order chi connectivity index (χ0) is 9.90. The van der Waals surface area contributed by atoms with Gasteiger partial charge in [0.2, 0.25) is 5.88 Å². The summed E-state index contributed by atoms with van der Waals surface area (Å²) < 4.78 is 5.49. The summed E-state index contributed by atoms with van der Waals surface area (Å²) in [6.45, 7) is 5.76. The van der Waals surface area contributed by atoms with Crippen molar-refractivity contribution in [1.82, 2.24) is 4.98 Å². The van der Waals surface area contributed by atoms with E-state index >= 15 is 0 Å². The minimum atomic E-state index is -0.319. The van der Waals surface area contributed by atoms with Crippen molar-refractivity contribution < 1.29 is 4.74 Å². The molecule has 13 heavy (non-hydrogen) atoms. The molecule has 0 aliphatic heterocycles. The molecule has 1 rings (SSSR count). The van der Waals surface area contributed by atoms with Gasteiger partial charge in [-0.25, -0.2) is 4.98 Å². The normalized spacial score (nSPS) is 10.6. The van der Waals surface area contributed by atoms with Crippen molar-refractivity contribution in [3.05, 3.63) is 23.9 Å². The van der Waals surface area contributed by atoms with E-state index in [1.54, 1.807) is 18.3 Å². The fourth-order valence-electron chi connectivity index (χ4n) is 0.847. The van der Waals surface area contributed by atoms with Gasteiger partial charge >= 0.3 is 0 Å². The van der Waals surface area contributed by atoms with Gasteiger partial charge in [0, 0.05) is 6.20 Å². The van der Waals surface area contributed by atoms with Crippen molar-refractivity contribution in [2.24, 2.45) is 0 Å². The summed E-state index contributed by atoms with van der Waals surface area (Å²) in [5.74, 6) is 0.400. The van der Waals surface area contributed by atoms with Gasteiger partial charge in [0.1, 0.15) is 17.2 Å². The van der Waals surface area contributed by atoms with Gasteiger partial charge in [-0.3, -0.25) is 0 Å². The lowest BCUT2D eigenvalue weighted by Crippen LogP contribution is -2.24. The lowest BCUT2D eigenvalue weighted by atomic mass is 10.2. The first-order valence-corrected chi connectivity index (χ1v) is 4.07. The Kier molecular flexibility index (Phi) is 2.52. The summed E-state index contributed by atoms with van der Waals surface area (Å²) in [4.78, 5) is 3.99. The Bertz CT molecular complexity index is 334. The van der Waals surface area contributed by atoms with Gasteiger partial charge in [-0.1, -0.05) is 0 Å². The van der Waals surface area contributed by atoms with E-state index in [0.29, 0.717) is 11.4 Å². The van der Waals surface area contributed by atoms with Gasteiger partial charge < -0.3 is 4.74 Å². The SMILES string of the molecule is CC(C)(C)Oc1ncccc1C#N. The molecule has 1 heterocycles. The van der Waals surface area contributed by atoms with Gasteiger partial charge in [0.15, 0.2) is 0 Å². The molecule has 3 heteroatoms. The summed E-state index contributed by atoms with van der Waals surface area (Å²) >= 11 is 0. The summed E-state index contributed by atoms with van der Waals surface area (Å²) in [5.41, 5.74) is 0.150. The van der Waals surface area contributed by atoms with E-state index in [2.05, 4.69) is 4.98 Å². The van der Waals surface area contributed by atoms with E-state index in [1.807, 2.05) is 26.8 Å². The second kappa shape index (κ2) is 3.44. The van der Waals surface area contributed by atoms with E-state index in [-0.39, 0.29) is 5.60 Å². The molecule has 0 aliphatic rings. The lowest BCUT2D eigenvalue weighted by Gasteiger charge is -2.20. The highest BCUT2D eigenvalue weighted by atomic mass is 16.5. The summed E-state index contributed by atoms with van der Waals surface area (Å²) in [6, 6.07) is 5.44. The summed E-state index contributed by atoms with van der Waals surface area (Å²) in [6.07, 6.45) is 1.61. The Morgan fingerprint density at radius 2 is 2.15 bits per heavy atom. The molecule has 0 aliphatic carbocycles. The number of aromatic nitrogens is 1. The highest BCUT2D eigenvalue weighted by molar-refractivity contribution is 5.37. The standard InChI is InChI=1S/C10H12N2O/c1-10(2,3)13-9-8(7-11)5-4-6-12-9/h4-6H,1-3H3. The van der Waals surface area contributed by atoms with Crippen LogP contribution in [0.1, 0.15) is 26.3 Å². The number of ether oxygens (including phenoxy) is 1. The quantitative estimate of drug-likeness (QED) is 0.658. The van der Waals surface area contributed by atoms with E-state index in [1.165, 1.54) is 0 Å². The maximum atomic E-state index is 8.75. The Balaban J connectivity index is 2.96. The molecule has 68 valence electrons. The zero-order valence-corrected chi connectivity index (χ0v) is 8.03. The van der Waals surface area contributed by atoms with Crippen LogP contribution in [0.4, 0.5) is 0 Å². The molecule has 0 spiro atoms. The molecule has 0 atom stereocenters. The number of hydrogen-bond donors (Lipinski definition) is 0. The maximum Gasteiger partial charge on any atom is 0.232 e. The second-order valence-electron chi connectivity index (χ2n) is 3.68. The third-order valence-corrected chi connectivity index (χ3v) is 1.29. The van der Waals surface area contributed by atoms with Crippen LogP contribution in [0.2, 0.25) is 0 Å². The topological polar surface area (TPSA) is 45.9 Å². The summed E-state index contributed by atoms with van der Waals surface area (Å²) in [5, 5.41) is 8.75. The second-order valence-corrected chi connectivity index (χ2v) is 3.68. The highest BCUT2D eigenvalue weighted by Crippen LogP contribution is 2.18. The first-order chi connectivity index (χ1) is 6.03. The number of rotatable bonds is 1. The molecule has 0 fully saturated rings. The highest BCUT2D eigenvalue weighted by Gasteiger charge is 2.14. The number of hydrogen-bond acceptors (Lipinski definition) is 3. The van der Waals surface area contributed by atoms with Crippen LogP contribution in [0, 0.1) is 11.3 Å². The zero-order valence-electron chi connectivity index (χ0n) is 8.03. The van der Waals surface area contributed by atoms with E-state index in [0.717, 1.165) is 0 Å². The van der Waals surface area contributed by atoms with E-state index < -0.39 is 0 Å². The van der Waals surface area contributed by atoms with Crippen molar-refractivity contribution in [2.75, 3.05) is 0 Å². The van der Waals surface area contributed by atoms with E-state index in [9.17, 15) is 0 Å². The average molecular weight is 176 g/mol. The molecule has 0 bridgehead atoms. The Hall–Kier alpha value is -1.56. The van der Waals surface area contributed by atoms with Crippen LogP contribution in [0.3, 0.4) is 0 Å². The fourth-order valence-corrected chi connectivity index (χ4v) is 0.847. The molecule has 3 nitrogen and oxygen atoms in total. The number of nitrogens with zero attached hydrogens (tertiary/aromatic N) is 2. The van der Waals surface area contributed by atoms with Crippen molar-refractivity contribution >= 4 is 0 Å². The summed E-state index contributed by atoms with van der Waals surface area (Å²) in [7, 11) is 0. The number of pyridine rings is 1. The van der Waals surface area contributed by atoms with Gasteiger partial charge in [-0.2, -0.15) is 5.26 Å². The average Bonchev–Trinajstić information content (AvgIpc) is 2.02. The molecule has 0 saturated carbocycles. The first kappa shape index (κ1) is 9.53. The molecule has 0 saturated heterocycles. The van der Waals surface area contributed by atoms with Gasteiger partial charge in [0.05, 0.1) is 0 Å². The van der Waals surface area contributed by atoms with Crippen LogP contribution in [-0.4, -0.2) is 10.6 Å². The molecular weight excluding hydrogens is 164 g/mol. The monoisotopic (exact) mass is 176 g/mol. The number of nitriles is 1. The Labute approximate surface area is 78.0 Å². The van der Waals surface area contributed by atoms with Crippen LogP contribution >= 0.6 is 0 Å². The van der Waals surface area contributed by atoms with Crippen LogP contribution in [0.5, 0.6) is 5.88 Å². The predicted molar refractivity (Wildman–Crippen MR) is 49.3 cm³/mol. The molecule has 0 N–H and O–H groups in total. The third-order valence-electron chi connectivity index (χ3n) is 1.29. The Morgan fingerprint density at radius 3 is 2.69 bits per heavy atom. The minimum Gasteiger partial charge on any atom is -0.471 e. The van der Waals surface area contributed by atoms with Crippen molar-refractivity contribution in [1.29, 1.82) is 5.26 Å². The first-order valence-electron chi connectivity index (χ1n) is 4.07. The lowest BCUT2D eigenvalue weighted by molar-refractivity contribution is 0.123. The van der Waals surface area contributed by atoms with Gasteiger partial charge in [-0.15, -0.1) is 0 Å². The molecule has 0 unspecified atom stereocenters. The molecule has 0 aromatic carbocycles. The molecule has 0 radical (unpaired) electrons. The van der Waals surface area contributed by atoms with Crippen LogP contribution < -0.4 is 4.74 Å². The Morgan fingerprint density at radius 1 is 1.46 bits per heavy atom. The van der Waals surface area contributed by atoms with Crippen molar-refractivity contribution in [3.63, 3.8) is 0 Å². The fraction of sp³-hybridized carbons (Fsp3) is 0.400. The smallest absolute Gasteiger partial charge is 0.232 e. The minimum absolute atomic E-state index is 0.319. The van der Waals surface area contributed by atoms with Crippen molar-refractivity contribution in [2.45, 2.75) is 26.4 Å². The molecule has 1 aromatic rings. The van der Waals surface area contributed by atoms with Gasteiger partial charge in [0.25, 0.3) is 0 Å². The molecule has 1 aromatic heterocycles. The van der Waals surface area contributed by atoms with Gasteiger partial charge in [-0.05, 0) is 32.9 Å². The van der Waals surface area contributed by atoms with Crippen LogP contribution in [0.25, 0.3) is 0 Å². The molecule has 0 amide bonds. The van der Waals surface area contributed by atoms with E-state index in [4.69, 9.17) is 10.00 Å². The van der Waals surface area contributed by atoms with Crippen molar-refractivity contribution in [3.8, 4) is 11.9 Å². The third kappa shape index (κ3) is 2.75. The largest absolute Gasteiger partial charge is 0.471 e. The molecular formula is C10H12N2O. The van der Waals surface area contributed by atoms with Crippen LogP contribution in [0.15, 0.2) is 18.3 Å².